The molecule has 2 atom stereocenters. The first-order chi connectivity index (χ1) is 10.1. The SMILES string of the molecule is CC(O)C1CCN(Cc2nc(-c3cccc(Cl)c3)no2)C1. The van der Waals surface area contributed by atoms with Gasteiger partial charge in [-0.05, 0) is 37.9 Å². The number of nitrogens with zero attached hydrogens (tertiary/aromatic N) is 3. The third kappa shape index (κ3) is 3.43. The van der Waals surface area contributed by atoms with E-state index in [1.165, 1.54) is 0 Å². The topological polar surface area (TPSA) is 62.4 Å². The van der Waals surface area contributed by atoms with E-state index in [9.17, 15) is 5.11 Å². The standard InChI is InChI=1S/C15H18ClN3O2/c1-10(20)12-5-6-19(8-12)9-14-17-15(18-21-14)11-3-2-4-13(16)7-11/h2-4,7,10,12,20H,5-6,8-9H2,1H3. The summed E-state index contributed by atoms with van der Waals surface area (Å²) in [6, 6.07) is 7.39. The smallest absolute Gasteiger partial charge is 0.241 e. The number of aliphatic hydroxyl groups is 1. The lowest BCUT2D eigenvalue weighted by molar-refractivity contribution is 0.125. The molecule has 112 valence electrons. The summed E-state index contributed by atoms with van der Waals surface area (Å²) >= 11 is 5.97. The molecule has 21 heavy (non-hydrogen) atoms. The van der Waals surface area contributed by atoms with E-state index in [-0.39, 0.29) is 6.10 Å². The maximum atomic E-state index is 9.62. The molecule has 2 aromatic rings. The van der Waals surface area contributed by atoms with Crippen LogP contribution in [0.5, 0.6) is 0 Å². The molecule has 1 fully saturated rings. The number of hydrogen-bond donors (Lipinski definition) is 1. The molecule has 2 unspecified atom stereocenters. The molecular weight excluding hydrogens is 290 g/mol. The fraction of sp³-hybridized carbons (Fsp3) is 0.467. The Morgan fingerprint density at radius 1 is 1.52 bits per heavy atom. The van der Waals surface area contributed by atoms with E-state index in [2.05, 4.69) is 15.0 Å². The lowest BCUT2D eigenvalue weighted by atomic mass is 10.0. The minimum Gasteiger partial charge on any atom is -0.393 e. The summed E-state index contributed by atoms with van der Waals surface area (Å²) in [5, 5.41) is 14.3. The third-order valence-electron chi connectivity index (χ3n) is 3.90. The van der Waals surface area contributed by atoms with Crippen molar-refractivity contribution in [2.24, 2.45) is 5.92 Å². The van der Waals surface area contributed by atoms with E-state index in [1.807, 2.05) is 31.2 Å². The quantitative estimate of drug-likeness (QED) is 0.940. The maximum absolute atomic E-state index is 9.62. The summed E-state index contributed by atoms with van der Waals surface area (Å²) in [4.78, 5) is 6.64. The van der Waals surface area contributed by atoms with Gasteiger partial charge in [-0.25, -0.2) is 0 Å². The van der Waals surface area contributed by atoms with Gasteiger partial charge in [0.25, 0.3) is 0 Å². The predicted molar refractivity (Wildman–Crippen MR) is 79.8 cm³/mol. The molecular formula is C15H18ClN3O2. The molecule has 1 aromatic heterocycles. The first-order valence-corrected chi connectivity index (χ1v) is 7.48. The van der Waals surface area contributed by atoms with Crippen LogP contribution in [-0.2, 0) is 6.54 Å². The Labute approximate surface area is 128 Å². The average Bonchev–Trinajstić information content (AvgIpc) is 3.08. The summed E-state index contributed by atoms with van der Waals surface area (Å²) in [6.07, 6.45) is 0.743. The number of aliphatic hydroxyl groups excluding tert-OH is 1. The molecule has 1 aromatic carbocycles. The molecule has 0 amide bonds. The summed E-state index contributed by atoms with van der Waals surface area (Å²) in [5.41, 5.74) is 0.848. The molecule has 0 spiro atoms. The Morgan fingerprint density at radius 3 is 3.10 bits per heavy atom. The van der Waals surface area contributed by atoms with Crippen molar-refractivity contribution in [2.75, 3.05) is 13.1 Å². The van der Waals surface area contributed by atoms with Gasteiger partial charge in [-0.15, -0.1) is 0 Å². The Kier molecular flexibility index (Phi) is 4.24. The second-order valence-electron chi connectivity index (χ2n) is 5.55. The fourth-order valence-electron chi connectivity index (χ4n) is 2.66. The molecule has 5 nitrogen and oxygen atoms in total. The van der Waals surface area contributed by atoms with Crippen molar-refractivity contribution in [1.82, 2.24) is 15.0 Å². The van der Waals surface area contributed by atoms with E-state index >= 15 is 0 Å². The van der Waals surface area contributed by atoms with E-state index in [4.69, 9.17) is 16.1 Å². The molecule has 0 radical (unpaired) electrons. The zero-order valence-electron chi connectivity index (χ0n) is 11.9. The van der Waals surface area contributed by atoms with Crippen LogP contribution >= 0.6 is 11.6 Å². The molecule has 3 rings (SSSR count). The highest BCUT2D eigenvalue weighted by Crippen LogP contribution is 2.23. The number of rotatable bonds is 4. The van der Waals surface area contributed by atoms with Crippen molar-refractivity contribution in [1.29, 1.82) is 0 Å². The van der Waals surface area contributed by atoms with Gasteiger partial charge in [0.1, 0.15) is 0 Å². The van der Waals surface area contributed by atoms with E-state index < -0.39 is 0 Å². The molecule has 1 N–H and O–H groups in total. The summed E-state index contributed by atoms with van der Waals surface area (Å²) in [5.74, 6) is 1.48. The van der Waals surface area contributed by atoms with E-state index in [0.717, 1.165) is 25.1 Å². The van der Waals surface area contributed by atoms with Crippen molar-refractivity contribution < 1.29 is 9.63 Å². The van der Waals surface area contributed by atoms with Gasteiger partial charge in [0, 0.05) is 17.1 Å². The van der Waals surface area contributed by atoms with Gasteiger partial charge < -0.3 is 9.63 Å². The van der Waals surface area contributed by atoms with Crippen LogP contribution in [0.2, 0.25) is 5.02 Å². The highest BCUT2D eigenvalue weighted by molar-refractivity contribution is 6.30. The van der Waals surface area contributed by atoms with Gasteiger partial charge in [0.2, 0.25) is 11.7 Å². The number of hydrogen-bond acceptors (Lipinski definition) is 5. The van der Waals surface area contributed by atoms with E-state index in [1.54, 1.807) is 0 Å². The van der Waals surface area contributed by atoms with E-state index in [0.29, 0.717) is 29.2 Å². The second-order valence-corrected chi connectivity index (χ2v) is 5.98. The van der Waals surface area contributed by atoms with Crippen LogP contribution in [0.4, 0.5) is 0 Å². The van der Waals surface area contributed by atoms with Crippen LogP contribution in [0, 0.1) is 5.92 Å². The molecule has 6 heteroatoms. The zero-order chi connectivity index (χ0) is 14.8. The lowest BCUT2D eigenvalue weighted by Crippen LogP contribution is -2.24. The Bertz CT molecular complexity index is 614. The van der Waals surface area contributed by atoms with Gasteiger partial charge in [0.15, 0.2) is 0 Å². The van der Waals surface area contributed by atoms with Crippen LogP contribution in [0.1, 0.15) is 19.2 Å². The third-order valence-corrected chi connectivity index (χ3v) is 4.14. The average molecular weight is 308 g/mol. The van der Waals surface area contributed by atoms with Gasteiger partial charge in [-0.1, -0.05) is 28.9 Å². The molecule has 1 saturated heterocycles. The minimum atomic E-state index is -0.264. The van der Waals surface area contributed by atoms with Crippen molar-refractivity contribution in [2.45, 2.75) is 26.0 Å². The summed E-state index contributed by atoms with van der Waals surface area (Å²) in [7, 11) is 0. The van der Waals surface area contributed by atoms with Crippen molar-refractivity contribution in [3.63, 3.8) is 0 Å². The lowest BCUT2D eigenvalue weighted by Gasteiger charge is -2.15. The summed E-state index contributed by atoms with van der Waals surface area (Å²) in [6.45, 7) is 4.28. The molecule has 0 aliphatic carbocycles. The van der Waals surface area contributed by atoms with Crippen molar-refractivity contribution in [3.05, 3.63) is 35.2 Å². The Balaban J connectivity index is 1.66. The minimum absolute atomic E-state index is 0.264. The maximum Gasteiger partial charge on any atom is 0.241 e. The van der Waals surface area contributed by atoms with Crippen molar-refractivity contribution >= 4 is 11.6 Å². The number of halogens is 1. The second kappa shape index (κ2) is 6.13. The van der Waals surface area contributed by atoms with Gasteiger partial charge in [-0.2, -0.15) is 4.98 Å². The molecule has 0 bridgehead atoms. The van der Waals surface area contributed by atoms with Crippen molar-refractivity contribution in [3.8, 4) is 11.4 Å². The largest absolute Gasteiger partial charge is 0.393 e. The van der Waals surface area contributed by atoms with Gasteiger partial charge in [0.05, 0.1) is 12.6 Å². The highest BCUT2D eigenvalue weighted by atomic mass is 35.5. The normalized spacial score (nSPS) is 20.8. The summed E-state index contributed by atoms with van der Waals surface area (Å²) < 4.78 is 5.31. The fourth-order valence-corrected chi connectivity index (χ4v) is 2.85. The van der Waals surface area contributed by atoms with Gasteiger partial charge >= 0.3 is 0 Å². The number of benzene rings is 1. The zero-order valence-corrected chi connectivity index (χ0v) is 12.6. The Morgan fingerprint density at radius 2 is 2.38 bits per heavy atom. The monoisotopic (exact) mass is 307 g/mol. The van der Waals surface area contributed by atoms with Crippen LogP contribution in [0.3, 0.4) is 0 Å². The number of aromatic nitrogens is 2. The van der Waals surface area contributed by atoms with Crippen LogP contribution in [0.15, 0.2) is 28.8 Å². The van der Waals surface area contributed by atoms with Crippen LogP contribution in [0.25, 0.3) is 11.4 Å². The first kappa shape index (κ1) is 14.5. The molecule has 2 heterocycles. The highest BCUT2D eigenvalue weighted by Gasteiger charge is 2.27. The predicted octanol–water partition coefficient (Wildman–Crippen LogP) is 2.59. The van der Waals surface area contributed by atoms with Crippen LogP contribution in [-0.4, -0.2) is 39.3 Å². The number of likely N-dealkylation sites (tertiary alicyclic amines) is 1. The Hall–Kier alpha value is -1.43. The van der Waals surface area contributed by atoms with Gasteiger partial charge in [-0.3, -0.25) is 4.90 Å². The molecule has 1 aliphatic rings. The molecule has 1 aliphatic heterocycles. The first-order valence-electron chi connectivity index (χ1n) is 7.11. The van der Waals surface area contributed by atoms with Crippen LogP contribution < -0.4 is 0 Å². The molecule has 0 saturated carbocycles.